The number of aromatic nitrogens is 4. The summed E-state index contributed by atoms with van der Waals surface area (Å²) in [4.78, 5) is 23.1. The number of fused-ring (bicyclic) bond motifs is 1. The first-order valence-corrected chi connectivity index (χ1v) is 13.2. The molecule has 0 aliphatic rings. The molecule has 4 rings (SSSR count). The molecule has 0 saturated carbocycles. The zero-order valence-electron chi connectivity index (χ0n) is 23.3. The Morgan fingerprint density at radius 1 is 1.07 bits per heavy atom. The molecule has 0 spiro atoms. The normalized spacial score (nSPS) is 11.2. The quantitative estimate of drug-likeness (QED) is 0.145. The van der Waals surface area contributed by atoms with Crippen LogP contribution in [0.5, 0.6) is 11.5 Å². The van der Waals surface area contributed by atoms with E-state index in [0.717, 1.165) is 25.6 Å². The molecule has 4 N–H and O–H groups in total. The third-order valence-electron chi connectivity index (χ3n) is 6.28. The highest BCUT2D eigenvalue weighted by Gasteiger charge is 2.15. The number of hydrogen-bond acceptors (Lipinski definition) is 10. The SMILES string of the molecule is COCCN(CCO)CCCOc1cc2ncnc(Nc3cc(CC(=O)Nc4cccc(F)c4F)[nH]n3)c2cc1OC. The first-order valence-electron chi connectivity index (χ1n) is 13.2. The number of halogens is 2. The van der Waals surface area contributed by atoms with Crippen molar-refractivity contribution in [1.29, 1.82) is 0 Å². The summed E-state index contributed by atoms with van der Waals surface area (Å²) in [6.45, 7) is 3.12. The lowest BCUT2D eigenvalue weighted by molar-refractivity contribution is -0.115. The molecule has 0 fully saturated rings. The van der Waals surface area contributed by atoms with E-state index < -0.39 is 17.5 Å². The van der Waals surface area contributed by atoms with E-state index in [1.165, 1.54) is 18.5 Å². The fourth-order valence-electron chi connectivity index (χ4n) is 4.21. The third kappa shape index (κ3) is 8.09. The molecule has 0 unspecified atom stereocenters. The van der Waals surface area contributed by atoms with Crippen LogP contribution in [0.15, 0.2) is 42.7 Å². The summed E-state index contributed by atoms with van der Waals surface area (Å²) < 4.78 is 44.0. The van der Waals surface area contributed by atoms with Crippen LogP contribution >= 0.6 is 0 Å². The molecule has 14 heteroatoms. The Morgan fingerprint density at radius 2 is 1.93 bits per heavy atom. The second-order valence-corrected chi connectivity index (χ2v) is 9.23. The molecule has 1 amide bonds. The zero-order valence-corrected chi connectivity index (χ0v) is 23.3. The average Bonchev–Trinajstić information content (AvgIpc) is 3.42. The van der Waals surface area contributed by atoms with Gasteiger partial charge in [0.25, 0.3) is 0 Å². The second kappa shape index (κ2) is 15.0. The fourth-order valence-corrected chi connectivity index (χ4v) is 4.21. The molecule has 4 aromatic rings. The van der Waals surface area contributed by atoms with Crippen LogP contribution in [0.25, 0.3) is 10.9 Å². The summed E-state index contributed by atoms with van der Waals surface area (Å²) in [6.07, 6.45) is 1.99. The molecule has 0 aliphatic heterocycles. The number of amides is 1. The lowest BCUT2D eigenvalue weighted by Crippen LogP contribution is -2.32. The maximum Gasteiger partial charge on any atom is 0.230 e. The molecule has 2 aromatic heterocycles. The molecule has 0 saturated heterocycles. The zero-order chi connectivity index (χ0) is 29.9. The topological polar surface area (TPSA) is 147 Å². The summed E-state index contributed by atoms with van der Waals surface area (Å²) in [5.41, 5.74) is 0.809. The number of hydrogen-bond donors (Lipinski definition) is 4. The lowest BCUT2D eigenvalue weighted by Gasteiger charge is -2.21. The van der Waals surface area contributed by atoms with Crippen LogP contribution in [-0.2, 0) is 16.0 Å². The highest BCUT2D eigenvalue weighted by atomic mass is 19.2. The molecule has 12 nitrogen and oxygen atoms in total. The van der Waals surface area contributed by atoms with Crippen molar-refractivity contribution in [3.63, 3.8) is 0 Å². The van der Waals surface area contributed by atoms with Gasteiger partial charge in [-0.3, -0.25) is 14.8 Å². The van der Waals surface area contributed by atoms with Crippen LogP contribution in [0.3, 0.4) is 0 Å². The molecular weight excluding hydrogens is 552 g/mol. The summed E-state index contributed by atoms with van der Waals surface area (Å²) in [6, 6.07) is 8.69. The number of aromatic amines is 1. The van der Waals surface area contributed by atoms with Gasteiger partial charge in [-0.25, -0.2) is 18.7 Å². The number of aliphatic hydroxyl groups is 1. The molecule has 42 heavy (non-hydrogen) atoms. The van der Waals surface area contributed by atoms with Gasteiger partial charge in [0.1, 0.15) is 12.1 Å². The van der Waals surface area contributed by atoms with Gasteiger partial charge < -0.3 is 30.0 Å². The van der Waals surface area contributed by atoms with E-state index in [9.17, 15) is 18.7 Å². The van der Waals surface area contributed by atoms with Gasteiger partial charge in [-0.2, -0.15) is 5.10 Å². The summed E-state index contributed by atoms with van der Waals surface area (Å²) in [5, 5.41) is 22.3. The number of nitrogens with one attached hydrogen (secondary N) is 3. The number of nitrogens with zero attached hydrogens (tertiary/aromatic N) is 4. The standard InChI is InChI=1S/C28H33F2N7O5/c1-40-12-9-37(8-10-38)7-4-11-42-24-16-22-19(15-23(24)41-2)28(32-17-31-22)34-25-13-18(35-36-25)14-26(39)33-21-6-3-5-20(29)27(21)30/h3,5-6,13,15-17,38H,4,7-12,14H2,1-2H3,(H,33,39)(H2,31,32,34,35,36). The average molecular weight is 586 g/mol. The van der Waals surface area contributed by atoms with Crippen LogP contribution in [-0.4, -0.2) is 89.8 Å². The van der Waals surface area contributed by atoms with Crippen LogP contribution in [0, 0.1) is 11.6 Å². The second-order valence-electron chi connectivity index (χ2n) is 9.23. The van der Waals surface area contributed by atoms with Crippen molar-refractivity contribution in [1.82, 2.24) is 25.1 Å². The lowest BCUT2D eigenvalue weighted by atomic mass is 10.2. The monoisotopic (exact) mass is 585 g/mol. The van der Waals surface area contributed by atoms with E-state index in [1.807, 2.05) is 0 Å². The molecule has 224 valence electrons. The van der Waals surface area contributed by atoms with Gasteiger partial charge in [0, 0.05) is 50.0 Å². The van der Waals surface area contributed by atoms with Gasteiger partial charge in [0.15, 0.2) is 29.0 Å². The number of rotatable bonds is 16. The maximum absolute atomic E-state index is 13.9. The van der Waals surface area contributed by atoms with Crippen molar-refractivity contribution in [2.75, 3.05) is 64.3 Å². The van der Waals surface area contributed by atoms with E-state index in [2.05, 4.69) is 35.7 Å². The van der Waals surface area contributed by atoms with E-state index >= 15 is 0 Å². The Kier molecular flexibility index (Phi) is 10.9. The Balaban J connectivity index is 1.39. The number of carbonyl (C=O) groups excluding carboxylic acids is 1. The molecule has 0 bridgehead atoms. The van der Waals surface area contributed by atoms with Gasteiger partial charge in [0.05, 0.1) is 44.6 Å². The number of H-pyrrole nitrogens is 1. The number of anilines is 3. The van der Waals surface area contributed by atoms with Crippen LogP contribution in [0.1, 0.15) is 12.1 Å². The van der Waals surface area contributed by atoms with Crippen molar-refractivity contribution in [3.8, 4) is 11.5 Å². The molecule has 2 aromatic carbocycles. The van der Waals surface area contributed by atoms with Gasteiger partial charge in [0.2, 0.25) is 5.91 Å². The van der Waals surface area contributed by atoms with E-state index in [0.29, 0.717) is 59.5 Å². The number of carbonyl (C=O) groups is 1. The van der Waals surface area contributed by atoms with Crippen molar-refractivity contribution < 1.29 is 32.9 Å². The molecule has 0 atom stereocenters. The van der Waals surface area contributed by atoms with Gasteiger partial charge in [-0.1, -0.05) is 6.07 Å². The summed E-state index contributed by atoms with van der Waals surface area (Å²) >= 11 is 0. The molecule has 0 radical (unpaired) electrons. The predicted octanol–water partition coefficient (Wildman–Crippen LogP) is 3.27. The smallest absolute Gasteiger partial charge is 0.230 e. The van der Waals surface area contributed by atoms with E-state index in [4.69, 9.17) is 14.2 Å². The van der Waals surface area contributed by atoms with Crippen molar-refractivity contribution >= 4 is 34.1 Å². The van der Waals surface area contributed by atoms with Crippen LogP contribution in [0.4, 0.5) is 26.1 Å². The van der Waals surface area contributed by atoms with Gasteiger partial charge in [-0.15, -0.1) is 0 Å². The Morgan fingerprint density at radius 3 is 2.71 bits per heavy atom. The molecular formula is C28H33F2N7O5. The molecule has 0 aliphatic carbocycles. The Labute approximate surface area is 241 Å². The number of aliphatic hydroxyl groups excluding tert-OH is 1. The summed E-state index contributed by atoms with van der Waals surface area (Å²) in [5.74, 6) is -0.857. The van der Waals surface area contributed by atoms with Crippen LogP contribution in [0.2, 0.25) is 0 Å². The maximum atomic E-state index is 13.9. The first-order chi connectivity index (χ1) is 20.4. The van der Waals surface area contributed by atoms with Crippen LogP contribution < -0.4 is 20.1 Å². The van der Waals surface area contributed by atoms with Gasteiger partial charge in [-0.05, 0) is 24.6 Å². The van der Waals surface area contributed by atoms with Crippen molar-refractivity contribution in [2.24, 2.45) is 0 Å². The number of benzene rings is 2. The minimum atomic E-state index is -1.12. The van der Waals surface area contributed by atoms with Gasteiger partial charge >= 0.3 is 0 Å². The fraction of sp³-hybridized carbons (Fsp3) is 0.357. The highest BCUT2D eigenvalue weighted by Crippen LogP contribution is 2.34. The van der Waals surface area contributed by atoms with Crippen molar-refractivity contribution in [3.05, 3.63) is 60.1 Å². The minimum absolute atomic E-state index is 0.0753. The van der Waals surface area contributed by atoms with E-state index in [-0.39, 0.29) is 18.7 Å². The highest BCUT2D eigenvalue weighted by molar-refractivity contribution is 5.93. The Hall–Kier alpha value is -4.40. The predicted molar refractivity (Wildman–Crippen MR) is 152 cm³/mol. The first kappa shape index (κ1) is 30.6. The van der Waals surface area contributed by atoms with Crippen molar-refractivity contribution in [2.45, 2.75) is 12.8 Å². The molecule has 2 heterocycles. The minimum Gasteiger partial charge on any atom is -0.493 e. The Bertz CT molecular complexity index is 1490. The number of ether oxygens (including phenoxy) is 3. The van der Waals surface area contributed by atoms with E-state index in [1.54, 1.807) is 32.4 Å². The largest absolute Gasteiger partial charge is 0.493 e. The third-order valence-corrected chi connectivity index (χ3v) is 6.28. The summed E-state index contributed by atoms with van der Waals surface area (Å²) in [7, 11) is 3.19. The number of methoxy groups -OCH3 is 2.